The van der Waals surface area contributed by atoms with Crippen LogP contribution in [0.5, 0.6) is 0 Å². The van der Waals surface area contributed by atoms with E-state index in [1.165, 1.54) is 0 Å². The van der Waals surface area contributed by atoms with Gasteiger partial charge in [0.1, 0.15) is 0 Å². The monoisotopic (exact) mass is 174 g/mol. The average molecular weight is 174 g/mol. The van der Waals surface area contributed by atoms with Gasteiger partial charge in [0, 0.05) is 12.5 Å². The van der Waals surface area contributed by atoms with Gasteiger partial charge in [0.2, 0.25) is 0 Å². The van der Waals surface area contributed by atoms with Gasteiger partial charge in [-0.3, -0.25) is 0 Å². The second-order valence-electron chi connectivity index (χ2n) is 3.23. The standard InChI is InChI=1S/C10H22O2/c1-4-9(7-11)8-12-10(5-2)6-3/h9-11H,4-8H2,1-3H3. The Morgan fingerprint density at radius 3 is 2.00 bits per heavy atom. The normalized spacial score (nSPS) is 13.8. The number of hydrogen-bond acceptors (Lipinski definition) is 2. The van der Waals surface area contributed by atoms with Crippen LogP contribution < -0.4 is 0 Å². The molecule has 0 aromatic carbocycles. The molecule has 0 aliphatic rings. The van der Waals surface area contributed by atoms with E-state index in [1.54, 1.807) is 0 Å². The molecule has 0 heterocycles. The molecular formula is C10H22O2. The van der Waals surface area contributed by atoms with E-state index >= 15 is 0 Å². The lowest BCUT2D eigenvalue weighted by Crippen LogP contribution is -2.19. The van der Waals surface area contributed by atoms with Gasteiger partial charge >= 0.3 is 0 Å². The largest absolute Gasteiger partial charge is 0.396 e. The Balaban J connectivity index is 3.49. The summed E-state index contributed by atoms with van der Waals surface area (Å²) in [6, 6.07) is 0. The molecule has 12 heavy (non-hydrogen) atoms. The third-order valence-corrected chi connectivity index (χ3v) is 2.31. The highest BCUT2D eigenvalue weighted by molar-refractivity contribution is 4.56. The van der Waals surface area contributed by atoms with Crippen LogP contribution in [0.1, 0.15) is 40.0 Å². The fourth-order valence-corrected chi connectivity index (χ4v) is 1.10. The maximum absolute atomic E-state index is 8.90. The summed E-state index contributed by atoms with van der Waals surface area (Å²) < 4.78 is 5.62. The molecule has 0 rings (SSSR count). The molecule has 1 N–H and O–H groups in total. The Bertz CT molecular complexity index is 73.8. The molecule has 0 saturated carbocycles. The molecule has 0 radical (unpaired) electrons. The van der Waals surface area contributed by atoms with Crippen molar-refractivity contribution in [3.05, 3.63) is 0 Å². The van der Waals surface area contributed by atoms with Crippen LogP contribution in [0.15, 0.2) is 0 Å². The van der Waals surface area contributed by atoms with Crippen LogP contribution in [0.2, 0.25) is 0 Å². The van der Waals surface area contributed by atoms with Crippen LogP contribution in [0.25, 0.3) is 0 Å². The van der Waals surface area contributed by atoms with Crippen molar-refractivity contribution in [1.82, 2.24) is 0 Å². The van der Waals surface area contributed by atoms with Gasteiger partial charge in [0.05, 0.1) is 12.7 Å². The summed E-state index contributed by atoms with van der Waals surface area (Å²) in [5.74, 6) is 0.325. The Morgan fingerprint density at radius 2 is 1.67 bits per heavy atom. The number of hydrogen-bond donors (Lipinski definition) is 1. The second kappa shape index (κ2) is 7.56. The minimum Gasteiger partial charge on any atom is -0.396 e. The van der Waals surface area contributed by atoms with Crippen LogP contribution in [0.4, 0.5) is 0 Å². The molecule has 0 saturated heterocycles. The van der Waals surface area contributed by atoms with Crippen molar-refractivity contribution < 1.29 is 9.84 Å². The third kappa shape index (κ3) is 4.73. The molecule has 0 aromatic heterocycles. The van der Waals surface area contributed by atoms with E-state index in [-0.39, 0.29) is 6.61 Å². The van der Waals surface area contributed by atoms with Crippen LogP contribution in [-0.2, 0) is 4.74 Å². The maximum atomic E-state index is 8.90. The van der Waals surface area contributed by atoms with E-state index in [4.69, 9.17) is 9.84 Å². The van der Waals surface area contributed by atoms with E-state index < -0.39 is 0 Å². The van der Waals surface area contributed by atoms with E-state index in [0.29, 0.717) is 18.6 Å². The molecule has 74 valence electrons. The summed E-state index contributed by atoms with van der Waals surface area (Å²) in [5, 5.41) is 8.90. The lowest BCUT2D eigenvalue weighted by atomic mass is 10.1. The van der Waals surface area contributed by atoms with Crippen molar-refractivity contribution in [2.45, 2.75) is 46.1 Å². The van der Waals surface area contributed by atoms with Gasteiger partial charge in [-0.05, 0) is 19.3 Å². The lowest BCUT2D eigenvalue weighted by Gasteiger charge is -2.17. The number of rotatable bonds is 7. The molecule has 0 fully saturated rings. The molecular weight excluding hydrogens is 152 g/mol. The fraction of sp³-hybridized carbons (Fsp3) is 1.00. The predicted octanol–water partition coefficient (Wildman–Crippen LogP) is 2.21. The molecule has 0 aliphatic carbocycles. The smallest absolute Gasteiger partial charge is 0.0570 e. The molecule has 1 atom stereocenters. The van der Waals surface area contributed by atoms with Crippen molar-refractivity contribution in [2.24, 2.45) is 5.92 Å². The maximum Gasteiger partial charge on any atom is 0.0570 e. The Morgan fingerprint density at radius 1 is 1.08 bits per heavy atom. The highest BCUT2D eigenvalue weighted by Gasteiger charge is 2.08. The van der Waals surface area contributed by atoms with E-state index in [0.717, 1.165) is 19.3 Å². The number of aliphatic hydroxyl groups is 1. The van der Waals surface area contributed by atoms with Crippen LogP contribution in [-0.4, -0.2) is 24.4 Å². The molecule has 0 aromatic rings. The first-order valence-corrected chi connectivity index (χ1v) is 5.00. The topological polar surface area (TPSA) is 29.5 Å². The summed E-state index contributed by atoms with van der Waals surface area (Å²) in [6.45, 7) is 7.30. The average Bonchev–Trinajstić information content (AvgIpc) is 2.13. The Labute approximate surface area is 75.9 Å². The summed E-state index contributed by atoms with van der Waals surface area (Å²) in [4.78, 5) is 0. The molecule has 1 unspecified atom stereocenters. The molecule has 0 aliphatic heterocycles. The van der Waals surface area contributed by atoms with Gasteiger partial charge in [-0.2, -0.15) is 0 Å². The molecule has 2 heteroatoms. The fourth-order valence-electron chi connectivity index (χ4n) is 1.10. The molecule has 0 bridgehead atoms. The van der Waals surface area contributed by atoms with Gasteiger partial charge < -0.3 is 9.84 Å². The van der Waals surface area contributed by atoms with Crippen molar-refractivity contribution in [3.63, 3.8) is 0 Å². The SMILES string of the molecule is CCC(CO)COC(CC)CC. The van der Waals surface area contributed by atoms with Crippen molar-refractivity contribution >= 4 is 0 Å². The van der Waals surface area contributed by atoms with Gasteiger partial charge in [0.25, 0.3) is 0 Å². The quantitative estimate of drug-likeness (QED) is 0.641. The van der Waals surface area contributed by atoms with Gasteiger partial charge in [-0.25, -0.2) is 0 Å². The Hall–Kier alpha value is -0.0800. The van der Waals surface area contributed by atoms with Crippen LogP contribution in [0, 0.1) is 5.92 Å². The third-order valence-electron chi connectivity index (χ3n) is 2.31. The zero-order valence-corrected chi connectivity index (χ0v) is 8.55. The zero-order valence-electron chi connectivity index (χ0n) is 8.55. The molecule has 0 spiro atoms. The van der Waals surface area contributed by atoms with E-state index in [2.05, 4.69) is 20.8 Å². The minimum absolute atomic E-state index is 0.247. The zero-order chi connectivity index (χ0) is 9.40. The van der Waals surface area contributed by atoms with Crippen molar-refractivity contribution in [1.29, 1.82) is 0 Å². The number of aliphatic hydroxyl groups excluding tert-OH is 1. The summed E-state index contributed by atoms with van der Waals surface area (Å²) in [6.07, 6.45) is 3.51. The van der Waals surface area contributed by atoms with E-state index in [1.807, 2.05) is 0 Å². The van der Waals surface area contributed by atoms with Crippen molar-refractivity contribution in [2.75, 3.05) is 13.2 Å². The summed E-state index contributed by atoms with van der Waals surface area (Å²) >= 11 is 0. The minimum atomic E-state index is 0.247. The highest BCUT2D eigenvalue weighted by Crippen LogP contribution is 2.08. The predicted molar refractivity (Wildman–Crippen MR) is 51.2 cm³/mol. The summed E-state index contributed by atoms with van der Waals surface area (Å²) in [5.41, 5.74) is 0. The summed E-state index contributed by atoms with van der Waals surface area (Å²) in [7, 11) is 0. The highest BCUT2D eigenvalue weighted by atomic mass is 16.5. The first-order chi connectivity index (χ1) is 5.78. The first-order valence-electron chi connectivity index (χ1n) is 5.00. The van der Waals surface area contributed by atoms with Crippen LogP contribution in [0.3, 0.4) is 0 Å². The van der Waals surface area contributed by atoms with Gasteiger partial charge in [-0.15, -0.1) is 0 Å². The Kier molecular flexibility index (Phi) is 7.51. The van der Waals surface area contributed by atoms with Crippen LogP contribution >= 0.6 is 0 Å². The molecule has 2 nitrogen and oxygen atoms in total. The lowest BCUT2D eigenvalue weighted by molar-refractivity contribution is 0.0107. The van der Waals surface area contributed by atoms with Gasteiger partial charge in [-0.1, -0.05) is 20.8 Å². The number of ether oxygens (including phenoxy) is 1. The first kappa shape index (κ1) is 11.9. The van der Waals surface area contributed by atoms with Gasteiger partial charge in [0.15, 0.2) is 0 Å². The second-order valence-corrected chi connectivity index (χ2v) is 3.23. The van der Waals surface area contributed by atoms with Crippen molar-refractivity contribution in [3.8, 4) is 0 Å². The van der Waals surface area contributed by atoms with E-state index in [9.17, 15) is 0 Å². The molecule has 0 amide bonds.